The fourth-order valence-electron chi connectivity index (χ4n) is 1.86. The zero-order valence-corrected chi connectivity index (χ0v) is 11.1. The zero-order chi connectivity index (χ0) is 14.0. The molecule has 0 aliphatic heterocycles. The van der Waals surface area contributed by atoms with Gasteiger partial charge in [-0.1, -0.05) is 0 Å². The van der Waals surface area contributed by atoms with E-state index in [0.29, 0.717) is 5.56 Å². The van der Waals surface area contributed by atoms with Crippen LogP contribution in [0.15, 0.2) is 30.5 Å². The molecule has 0 unspecified atom stereocenters. The van der Waals surface area contributed by atoms with Gasteiger partial charge in [-0.05, 0) is 38.1 Å². The van der Waals surface area contributed by atoms with Crippen LogP contribution >= 0.6 is 0 Å². The van der Waals surface area contributed by atoms with E-state index in [1.54, 1.807) is 26.0 Å². The maximum absolute atomic E-state index is 12.1. The van der Waals surface area contributed by atoms with Crippen LogP contribution in [0.2, 0.25) is 0 Å². The number of hydrogen-bond donors (Lipinski definition) is 2. The number of carbonyl (C=O) groups excluding carboxylic acids is 2. The maximum atomic E-state index is 12.1. The van der Waals surface area contributed by atoms with Crippen molar-refractivity contribution in [3.05, 3.63) is 36.0 Å². The molecule has 5 nitrogen and oxygen atoms in total. The summed E-state index contributed by atoms with van der Waals surface area (Å²) in [4.78, 5) is 26.7. The number of carbonyl (C=O) groups is 2. The first-order chi connectivity index (χ1) is 8.94. The van der Waals surface area contributed by atoms with Crippen LogP contribution < -0.4 is 5.32 Å². The summed E-state index contributed by atoms with van der Waals surface area (Å²) in [6.45, 7) is 3.21. The molecule has 0 spiro atoms. The Balaban J connectivity index is 2.22. The summed E-state index contributed by atoms with van der Waals surface area (Å²) in [5, 5.41) is 3.60. The van der Waals surface area contributed by atoms with Gasteiger partial charge in [0.25, 0.3) is 5.91 Å². The van der Waals surface area contributed by atoms with Gasteiger partial charge in [-0.15, -0.1) is 0 Å². The highest BCUT2D eigenvalue weighted by Crippen LogP contribution is 2.15. The summed E-state index contributed by atoms with van der Waals surface area (Å²) < 4.78 is 4.65. The van der Waals surface area contributed by atoms with Gasteiger partial charge in [-0.3, -0.25) is 4.79 Å². The van der Waals surface area contributed by atoms with Gasteiger partial charge in [-0.2, -0.15) is 0 Å². The molecule has 1 amide bonds. The minimum absolute atomic E-state index is 0.307. The third-order valence-corrected chi connectivity index (χ3v) is 2.94. The number of aromatic nitrogens is 1. The highest BCUT2D eigenvalue weighted by atomic mass is 16.5. The first-order valence-corrected chi connectivity index (χ1v) is 5.92. The number of benzene rings is 1. The molecule has 0 fully saturated rings. The molecule has 0 bridgehead atoms. The fourth-order valence-corrected chi connectivity index (χ4v) is 1.86. The summed E-state index contributed by atoms with van der Waals surface area (Å²) >= 11 is 0. The number of H-pyrrole nitrogens is 1. The van der Waals surface area contributed by atoms with Crippen LogP contribution in [0.4, 0.5) is 0 Å². The zero-order valence-electron chi connectivity index (χ0n) is 11.1. The van der Waals surface area contributed by atoms with E-state index < -0.39 is 11.5 Å². The van der Waals surface area contributed by atoms with Gasteiger partial charge < -0.3 is 15.0 Å². The molecule has 2 N–H and O–H groups in total. The van der Waals surface area contributed by atoms with Gasteiger partial charge in [0.1, 0.15) is 5.54 Å². The molecule has 19 heavy (non-hydrogen) atoms. The summed E-state index contributed by atoms with van der Waals surface area (Å²) in [7, 11) is 1.29. The van der Waals surface area contributed by atoms with E-state index in [1.807, 2.05) is 18.3 Å². The predicted octanol–water partition coefficient (Wildman–Crippen LogP) is 1.85. The molecule has 0 aliphatic carbocycles. The number of amides is 1. The molecular formula is C14H16N2O3. The third-order valence-electron chi connectivity index (χ3n) is 2.94. The molecule has 100 valence electrons. The normalized spacial score (nSPS) is 11.3. The maximum Gasteiger partial charge on any atom is 0.330 e. The lowest BCUT2D eigenvalue weighted by atomic mass is 10.0. The second-order valence-corrected chi connectivity index (χ2v) is 4.85. The Morgan fingerprint density at radius 1 is 1.26 bits per heavy atom. The van der Waals surface area contributed by atoms with E-state index >= 15 is 0 Å². The quantitative estimate of drug-likeness (QED) is 0.827. The van der Waals surface area contributed by atoms with Gasteiger partial charge in [0.05, 0.1) is 7.11 Å². The third kappa shape index (κ3) is 2.59. The molecule has 2 rings (SSSR count). The van der Waals surface area contributed by atoms with Crippen molar-refractivity contribution in [3.63, 3.8) is 0 Å². The topological polar surface area (TPSA) is 71.2 Å². The van der Waals surface area contributed by atoms with Crippen molar-refractivity contribution in [3.8, 4) is 0 Å². The smallest absolute Gasteiger partial charge is 0.330 e. The van der Waals surface area contributed by atoms with E-state index in [4.69, 9.17) is 0 Å². The molecule has 5 heteroatoms. The Bertz CT molecular complexity index is 628. The molecule has 1 heterocycles. The van der Waals surface area contributed by atoms with Crippen LogP contribution in [0.1, 0.15) is 24.2 Å². The summed E-state index contributed by atoms with van der Waals surface area (Å²) in [5.74, 6) is -0.790. The summed E-state index contributed by atoms with van der Waals surface area (Å²) in [5.41, 5.74) is 0.409. The molecule has 0 saturated heterocycles. The van der Waals surface area contributed by atoms with Crippen LogP contribution in [0.25, 0.3) is 10.9 Å². The number of aromatic amines is 1. The Labute approximate surface area is 110 Å². The van der Waals surface area contributed by atoms with Gasteiger partial charge in [-0.25, -0.2) is 4.79 Å². The predicted molar refractivity (Wildman–Crippen MR) is 71.9 cm³/mol. The van der Waals surface area contributed by atoms with Crippen LogP contribution in [0, 0.1) is 0 Å². The number of esters is 1. The van der Waals surface area contributed by atoms with Crippen molar-refractivity contribution >= 4 is 22.8 Å². The van der Waals surface area contributed by atoms with Gasteiger partial charge in [0.15, 0.2) is 0 Å². The Hall–Kier alpha value is -2.30. The molecule has 0 aliphatic rings. The number of methoxy groups -OCH3 is 1. The van der Waals surface area contributed by atoms with E-state index in [1.165, 1.54) is 7.11 Å². The summed E-state index contributed by atoms with van der Waals surface area (Å²) in [6.07, 6.45) is 1.81. The van der Waals surface area contributed by atoms with E-state index in [0.717, 1.165) is 10.9 Å². The molecule has 1 aromatic carbocycles. The molecule has 0 atom stereocenters. The lowest BCUT2D eigenvalue weighted by molar-refractivity contribution is -0.146. The number of rotatable bonds is 3. The molecule has 0 saturated carbocycles. The average molecular weight is 260 g/mol. The lowest BCUT2D eigenvalue weighted by Crippen LogP contribution is -2.50. The first-order valence-electron chi connectivity index (χ1n) is 5.92. The van der Waals surface area contributed by atoms with Crippen molar-refractivity contribution in [1.82, 2.24) is 10.3 Å². The van der Waals surface area contributed by atoms with Crippen LogP contribution in [-0.2, 0) is 9.53 Å². The Morgan fingerprint density at radius 3 is 2.68 bits per heavy atom. The van der Waals surface area contributed by atoms with Gasteiger partial charge in [0.2, 0.25) is 0 Å². The number of nitrogens with one attached hydrogen (secondary N) is 2. The standard InChI is InChI=1S/C14H16N2O3/c1-14(2,13(18)19-3)16-12(17)10-4-5-11-9(8-10)6-7-15-11/h4-8,15H,1-3H3,(H,16,17). The van der Waals surface area contributed by atoms with Crippen molar-refractivity contribution in [1.29, 1.82) is 0 Å². The van der Waals surface area contributed by atoms with Crippen molar-refractivity contribution in [2.45, 2.75) is 19.4 Å². The monoisotopic (exact) mass is 260 g/mol. The summed E-state index contributed by atoms with van der Waals surface area (Å²) in [6, 6.07) is 7.20. The van der Waals surface area contributed by atoms with Gasteiger partial charge >= 0.3 is 5.97 Å². The minimum Gasteiger partial charge on any atom is -0.467 e. The second kappa shape index (κ2) is 4.76. The molecular weight excluding hydrogens is 244 g/mol. The highest BCUT2D eigenvalue weighted by molar-refractivity contribution is 6.00. The first kappa shape index (κ1) is 13.1. The van der Waals surface area contributed by atoms with Crippen LogP contribution in [-0.4, -0.2) is 29.5 Å². The van der Waals surface area contributed by atoms with Crippen molar-refractivity contribution < 1.29 is 14.3 Å². The van der Waals surface area contributed by atoms with Crippen LogP contribution in [0.5, 0.6) is 0 Å². The Morgan fingerprint density at radius 2 is 2.00 bits per heavy atom. The second-order valence-electron chi connectivity index (χ2n) is 4.85. The van der Waals surface area contributed by atoms with Crippen molar-refractivity contribution in [2.24, 2.45) is 0 Å². The number of ether oxygens (including phenoxy) is 1. The number of fused-ring (bicyclic) bond motifs is 1. The average Bonchev–Trinajstić information content (AvgIpc) is 2.84. The van der Waals surface area contributed by atoms with Crippen molar-refractivity contribution in [2.75, 3.05) is 7.11 Å². The number of hydrogen-bond acceptors (Lipinski definition) is 3. The molecule has 0 radical (unpaired) electrons. The van der Waals surface area contributed by atoms with E-state index in [-0.39, 0.29) is 5.91 Å². The SMILES string of the molecule is COC(=O)C(C)(C)NC(=O)c1ccc2[nH]ccc2c1. The van der Waals surface area contributed by atoms with Crippen LogP contribution in [0.3, 0.4) is 0 Å². The fraction of sp³-hybridized carbons (Fsp3) is 0.286. The minimum atomic E-state index is -1.06. The Kier molecular flexibility index (Phi) is 3.29. The largest absolute Gasteiger partial charge is 0.467 e. The molecule has 1 aromatic heterocycles. The highest BCUT2D eigenvalue weighted by Gasteiger charge is 2.30. The van der Waals surface area contributed by atoms with E-state index in [9.17, 15) is 9.59 Å². The van der Waals surface area contributed by atoms with E-state index in [2.05, 4.69) is 15.0 Å². The van der Waals surface area contributed by atoms with Gasteiger partial charge in [0, 0.05) is 22.7 Å². The molecule has 2 aromatic rings. The lowest BCUT2D eigenvalue weighted by Gasteiger charge is -2.23.